The van der Waals surface area contributed by atoms with Crippen LogP contribution < -0.4 is 10.9 Å². The summed E-state index contributed by atoms with van der Waals surface area (Å²) in [5.41, 5.74) is 0.195. The van der Waals surface area contributed by atoms with Crippen LogP contribution in [0.1, 0.15) is 56.7 Å². The van der Waals surface area contributed by atoms with E-state index in [4.69, 9.17) is 11.6 Å². The molecule has 0 aromatic carbocycles. The molecule has 0 amide bonds. The maximum Gasteiger partial charge on any atom is 0.326 e. The zero-order valence-electron chi connectivity index (χ0n) is 11.8. The molecule has 0 unspecified atom stereocenters. The van der Waals surface area contributed by atoms with Crippen LogP contribution in [0.3, 0.4) is 0 Å². The number of aliphatic carboxylic acids is 1. The second-order valence-corrected chi connectivity index (χ2v) is 6.14. The van der Waals surface area contributed by atoms with Crippen LogP contribution in [0.25, 0.3) is 0 Å². The average molecular weight is 312 g/mol. The number of hydrogen-bond acceptors (Lipinski definition) is 4. The highest BCUT2D eigenvalue weighted by molar-refractivity contribution is 6.30. The van der Waals surface area contributed by atoms with Crippen LogP contribution in [0.5, 0.6) is 0 Å². The van der Waals surface area contributed by atoms with Gasteiger partial charge in [-0.1, -0.05) is 18.5 Å². The van der Waals surface area contributed by atoms with Crippen LogP contribution in [0.2, 0.25) is 5.15 Å². The number of anilines is 1. The summed E-state index contributed by atoms with van der Waals surface area (Å²) in [7, 11) is 0. The minimum Gasteiger partial charge on any atom is -0.480 e. The summed E-state index contributed by atoms with van der Waals surface area (Å²) < 4.78 is 1.33. The van der Waals surface area contributed by atoms with Crippen molar-refractivity contribution in [2.45, 2.75) is 57.0 Å². The van der Waals surface area contributed by atoms with E-state index in [9.17, 15) is 14.7 Å². The average Bonchev–Trinajstić information content (AvgIpc) is 2.79. The van der Waals surface area contributed by atoms with Gasteiger partial charge in [0.1, 0.15) is 6.04 Å². The van der Waals surface area contributed by atoms with Crippen LogP contribution in [0.15, 0.2) is 4.79 Å². The molecule has 1 fully saturated rings. The van der Waals surface area contributed by atoms with Crippen molar-refractivity contribution in [2.24, 2.45) is 0 Å². The lowest BCUT2D eigenvalue weighted by atomic mass is 9.93. The Labute approximate surface area is 127 Å². The number of nitrogens with zero attached hydrogens (tertiary/aromatic N) is 2. The number of fused-ring (bicyclic) bond motifs is 1. The molecular weight excluding hydrogens is 294 g/mol. The molecule has 0 radical (unpaired) electrons. The number of halogens is 1. The van der Waals surface area contributed by atoms with E-state index in [0.717, 1.165) is 25.7 Å². The quantitative estimate of drug-likeness (QED) is 0.892. The van der Waals surface area contributed by atoms with Crippen molar-refractivity contribution in [3.8, 4) is 0 Å². The minimum atomic E-state index is -0.994. The maximum atomic E-state index is 12.6. The molecule has 2 N–H and O–H groups in total. The van der Waals surface area contributed by atoms with Gasteiger partial charge in [-0.25, -0.2) is 9.78 Å². The van der Waals surface area contributed by atoms with Gasteiger partial charge >= 0.3 is 5.97 Å². The summed E-state index contributed by atoms with van der Waals surface area (Å²) in [6.45, 7) is 1.96. The van der Waals surface area contributed by atoms with Crippen molar-refractivity contribution < 1.29 is 9.90 Å². The monoisotopic (exact) mass is 311 g/mol. The third kappa shape index (κ3) is 2.31. The SMILES string of the molecule is CC[C@@H]1C[C@@H](C(=O)O)n2c1c(Cl)nc(NC1CCC1)c2=O. The predicted octanol–water partition coefficient (Wildman–Crippen LogP) is 2.38. The zero-order chi connectivity index (χ0) is 15.1. The molecule has 0 bridgehead atoms. The fourth-order valence-electron chi connectivity index (χ4n) is 3.10. The molecule has 6 nitrogen and oxygen atoms in total. The molecule has 7 heteroatoms. The highest BCUT2D eigenvalue weighted by Gasteiger charge is 2.38. The Morgan fingerprint density at radius 1 is 1.52 bits per heavy atom. The molecule has 1 saturated carbocycles. The standard InChI is InChI=1S/C14H18ClN3O3/c1-2-7-6-9(14(20)21)18-10(7)11(15)17-12(13(18)19)16-8-4-3-5-8/h7-9H,2-6H2,1H3,(H,16,17)(H,20,21)/t7-,9+/m1/s1. The van der Waals surface area contributed by atoms with E-state index in [-0.39, 0.29) is 28.5 Å². The first kappa shape index (κ1) is 14.4. The van der Waals surface area contributed by atoms with E-state index in [1.807, 2.05) is 6.92 Å². The highest BCUT2D eigenvalue weighted by atomic mass is 35.5. The Kier molecular flexibility index (Phi) is 3.65. The Hall–Kier alpha value is -1.56. The van der Waals surface area contributed by atoms with Gasteiger partial charge in [0.05, 0.1) is 5.69 Å². The molecule has 2 aliphatic rings. The highest BCUT2D eigenvalue weighted by Crippen LogP contribution is 2.40. The van der Waals surface area contributed by atoms with E-state index in [2.05, 4.69) is 10.3 Å². The molecule has 1 aromatic heterocycles. The van der Waals surface area contributed by atoms with Crippen molar-refractivity contribution in [1.29, 1.82) is 0 Å². The van der Waals surface area contributed by atoms with Crippen molar-refractivity contribution in [2.75, 3.05) is 5.32 Å². The minimum absolute atomic E-state index is 0.0310. The van der Waals surface area contributed by atoms with Gasteiger partial charge in [-0.05, 0) is 32.1 Å². The number of carboxylic acids is 1. The van der Waals surface area contributed by atoms with Gasteiger partial charge in [0.15, 0.2) is 11.0 Å². The second-order valence-electron chi connectivity index (χ2n) is 5.78. The van der Waals surface area contributed by atoms with E-state index >= 15 is 0 Å². The predicted molar refractivity (Wildman–Crippen MR) is 79.1 cm³/mol. The molecular formula is C14H18ClN3O3. The first-order valence-electron chi connectivity index (χ1n) is 7.34. The molecule has 1 aliphatic carbocycles. The largest absolute Gasteiger partial charge is 0.480 e. The number of carboxylic acid groups (broad SMARTS) is 1. The summed E-state index contributed by atoms with van der Waals surface area (Å²) in [6, 6.07) is -0.605. The molecule has 1 aliphatic heterocycles. The first-order valence-corrected chi connectivity index (χ1v) is 7.72. The first-order chi connectivity index (χ1) is 10.0. The van der Waals surface area contributed by atoms with Crippen molar-refractivity contribution in [1.82, 2.24) is 9.55 Å². The number of nitrogens with one attached hydrogen (secondary N) is 1. The lowest BCUT2D eigenvalue weighted by Crippen LogP contribution is -2.35. The normalized spacial score (nSPS) is 24.5. The summed E-state index contributed by atoms with van der Waals surface area (Å²) >= 11 is 6.23. The summed E-state index contributed by atoms with van der Waals surface area (Å²) in [6.07, 6.45) is 4.27. The van der Waals surface area contributed by atoms with Crippen LogP contribution in [-0.4, -0.2) is 26.7 Å². The third-order valence-electron chi connectivity index (χ3n) is 4.53. The molecule has 0 saturated heterocycles. The van der Waals surface area contributed by atoms with E-state index in [1.54, 1.807) is 0 Å². The van der Waals surface area contributed by atoms with Crippen molar-refractivity contribution in [3.05, 3.63) is 21.2 Å². The molecule has 0 spiro atoms. The maximum absolute atomic E-state index is 12.6. The lowest BCUT2D eigenvalue weighted by Gasteiger charge is -2.27. The Balaban J connectivity index is 2.08. The van der Waals surface area contributed by atoms with Gasteiger partial charge in [-0.15, -0.1) is 0 Å². The fourth-order valence-corrected chi connectivity index (χ4v) is 3.43. The summed E-state index contributed by atoms with van der Waals surface area (Å²) in [5, 5.41) is 12.7. The van der Waals surface area contributed by atoms with Gasteiger partial charge in [0, 0.05) is 12.0 Å². The molecule has 3 rings (SSSR count). The molecule has 1 aromatic rings. The van der Waals surface area contributed by atoms with Gasteiger partial charge in [-0.2, -0.15) is 0 Å². The lowest BCUT2D eigenvalue weighted by molar-refractivity contribution is -0.140. The number of rotatable bonds is 4. The smallest absolute Gasteiger partial charge is 0.326 e. The van der Waals surface area contributed by atoms with Gasteiger partial charge in [0.25, 0.3) is 5.56 Å². The molecule has 2 atom stereocenters. The third-order valence-corrected chi connectivity index (χ3v) is 4.81. The van der Waals surface area contributed by atoms with Crippen LogP contribution in [0, 0.1) is 0 Å². The Morgan fingerprint density at radius 3 is 2.76 bits per heavy atom. The van der Waals surface area contributed by atoms with Gasteiger partial charge < -0.3 is 10.4 Å². The zero-order valence-corrected chi connectivity index (χ0v) is 12.6. The van der Waals surface area contributed by atoms with E-state index in [1.165, 1.54) is 4.57 Å². The topological polar surface area (TPSA) is 84.2 Å². The van der Waals surface area contributed by atoms with Crippen LogP contribution >= 0.6 is 11.6 Å². The molecule has 21 heavy (non-hydrogen) atoms. The fraction of sp³-hybridized carbons (Fsp3) is 0.643. The van der Waals surface area contributed by atoms with Crippen LogP contribution in [-0.2, 0) is 4.79 Å². The number of carbonyl (C=O) groups is 1. The van der Waals surface area contributed by atoms with Gasteiger partial charge in [0.2, 0.25) is 0 Å². The molecule has 114 valence electrons. The molecule has 2 heterocycles. The van der Waals surface area contributed by atoms with Gasteiger partial charge in [-0.3, -0.25) is 9.36 Å². The van der Waals surface area contributed by atoms with E-state index < -0.39 is 12.0 Å². The Morgan fingerprint density at radius 2 is 2.24 bits per heavy atom. The van der Waals surface area contributed by atoms with Crippen LogP contribution in [0.4, 0.5) is 5.82 Å². The van der Waals surface area contributed by atoms with Crippen molar-refractivity contribution in [3.63, 3.8) is 0 Å². The van der Waals surface area contributed by atoms with E-state index in [0.29, 0.717) is 12.1 Å². The van der Waals surface area contributed by atoms with Crippen molar-refractivity contribution >= 4 is 23.4 Å². The summed E-state index contributed by atoms with van der Waals surface area (Å²) in [4.78, 5) is 28.2. The summed E-state index contributed by atoms with van der Waals surface area (Å²) in [5.74, 6) is -0.848. The second kappa shape index (κ2) is 5.33. The number of hydrogen-bond donors (Lipinski definition) is 2. The number of aromatic nitrogens is 2. The Bertz CT molecular complexity index is 639.